The number of benzene rings is 5. The molecule has 1 heterocycles. The van der Waals surface area contributed by atoms with Crippen molar-refractivity contribution in [2.75, 3.05) is 12.0 Å². The summed E-state index contributed by atoms with van der Waals surface area (Å²) in [5.74, 6) is 1.59. The van der Waals surface area contributed by atoms with Gasteiger partial charge in [-0.1, -0.05) is 84.4 Å². The molecule has 5 aromatic carbocycles. The Hall–Kier alpha value is -4.21. The molecule has 0 saturated carbocycles. The number of ether oxygens (including phenoxy) is 2. The molecule has 0 saturated heterocycles. The van der Waals surface area contributed by atoms with Crippen LogP contribution in [0.15, 0.2) is 121 Å². The summed E-state index contributed by atoms with van der Waals surface area (Å²) < 4.78 is 12.4. The third-order valence-corrected chi connectivity index (χ3v) is 6.99. The summed E-state index contributed by atoms with van der Waals surface area (Å²) in [5, 5.41) is 0.685. The van der Waals surface area contributed by atoms with Gasteiger partial charge in [0.2, 0.25) is 0 Å². The largest absolute Gasteiger partial charge is 0.496 e. The van der Waals surface area contributed by atoms with Gasteiger partial charge in [0.05, 0.1) is 12.7 Å². The third-order valence-electron chi connectivity index (χ3n) is 6.75. The van der Waals surface area contributed by atoms with Crippen molar-refractivity contribution in [1.29, 1.82) is 0 Å². The van der Waals surface area contributed by atoms with Crippen LogP contribution in [0.1, 0.15) is 22.8 Å². The Labute approximate surface area is 222 Å². The zero-order valence-electron chi connectivity index (χ0n) is 20.5. The van der Waals surface area contributed by atoms with E-state index in [4.69, 9.17) is 21.1 Å². The lowest BCUT2D eigenvalue weighted by atomic mass is 9.88. The third kappa shape index (κ3) is 4.54. The highest BCUT2D eigenvalue weighted by molar-refractivity contribution is 6.30. The van der Waals surface area contributed by atoms with Crippen LogP contribution in [0.4, 0.5) is 11.4 Å². The summed E-state index contributed by atoms with van der Waals surface area (Å²) in [4.78, 5) is 2.34. The van der Waals surface area contributed by atoms with Crippen LogP contribution in [-0.4, -0.2) is 7.11 Å². The molecule has 0 N–H and O–H groups in total. The molecule has 0 aromatic heterocycles. The van der Waals surface area contributed by atoms with Gasteiger partial charge in [0, 0.05) is 28.5 Å². The van der Waals surface area contributed by atoms with E-state index in [9.17, 15) is 0 Å². The fraction of sp³-hybridized carbons (Fsp3) is 0.0909. The molecule has 1 aliphatic heterocycles. The lowest BCUT2D eigenvalue weighted by Gasteiger charge is -2.32. The molecular formula is C33H26ClNO2. The molecule has 182 valence electrons. The van der Waals surface area contributed by atoms with Crippen molar-refractivity contribution in [2.45, 2.75) is 12.6 Å². The van der Waals surface area contributed by atoms with Crippen LogP contribution in [-0.2, 0) is 6.54 Å². The van der Waals surface area contributed by atoms with E-state index in [0.29, 0.717) is 5.02 Å². The van der Waals surface area contributed by atoms with Crippen molar-refractivity contribution < 1.29 is 9.47 Å². The first-order valence-corrected chi connectivity index (χ1v) is 12.7. The van der Waals surface area contributed by atoms with E-state index < -0.39 is 0 Å². The Morgan fingerprint density at radius 2 is 1.51 bits per heavy atom. The van der Waals surface area contributed by atoms with Crippen LogP contribution in [0.2, 0.25) is 5.02 Å². The Morgan fingerprint density at radius 3 is 2.27 bits per heavy atom. The molecule has 1 unspecified atom stereocenters. The van der Waals surface area contributed by atoms with Crippen molar-refractivity contribution in [1.82, 2.24) is 0 Å². The Morgan fingerprint density at radius 1 is 0.757 bits per heavy atom. The predicted octanol–water partition coefficient (Wildman–Crippen LogP) is 8.84. The number of fused-ring (bicyclic) bond motifs is 3. The Balaban J connectivity index is 1.53. The second-order valence-corrected chi connectivity index (χ2v) is 9.50. The van der Waals surface area contributed by atoms with Gasteiger partial charge in [-0.25, -0.2) is 0 Å². The summed E-state index contributed by atoms with van der Waals surface area (Å²) in [6, 6.07) is 41.5. The van der Waals surface area contributed by atoms with Crippen LogP contribution < -0.4 is 14.4 Å². The Kier molecular flexibility index (Phi) is 6.30. The highest BCUT2D eigenvalue weighted by Gasteiger charge is 2.30. The Bertz CT molecular complexity index is 1540. The van der Waals surface area contributed by atoms with Crippen LogP contribution in [0.5, 0.6) is 11.5 Å². The molecule has 0 fully saturated rings. The lowest BCUT2D eigenvalue weighted by Crippen LogP contribution is -2.19. The molecule has 0 bridgehead atoms. The molecule has 1 atom stereocenters. The van der Waals surface area contributed by atoms with Gasteiger partial charge < -0.3 is 14.4 Å². The van der Waals surface area contributed by atoms with Crippen LogP contribution in [0.25, 0.3) is 11.1 Å². The van der Waals surface area contributed by atoms with Crippen LogP contribution in [0, 0.1) is 0 Å². The van der Waals surface area contributed by atoms with Gasteiger partial charge in [0.25, 0.3) is 0 Å². The molecule has 6 rings (SSSR count). The van der Waals surface area contributed by atoms with E-state index >= 15 is 0 Å². The van der Waals surface area contributed by atoms with Gasteiger partial charge in [0.15, 0.2) is 0 Å². The maximum absolute atomic E-state index is 6.64. The average molecular weight is 504 g/mol. The summed E-state index contributed by atoms with van der Waals surface area (Å²) in [7, 11) is 1.70. The first-order valence-electron chi connectivity index (χ1n) is 12.3. The average Bonchev–Trinajstić information content (AvgIpc) is 2.96. The zero-order chi connectivity index (χ0) is 25.2. The maximum Gasteiger partial charge on any atom is 0.150 e. The smallest absolute Gasteiger partial charge is 0.150 e. The van der Waals surface area contributed by atoms with Gasteiger partial charge in [-0.05, 0) is 65.2 Å². The minimum atomic E-state index is -0.303. The van der Waals surface area contributed by atoms with Crippen LogP contribution in [0.3, 0.4) is 0 Å². The maximum atomic E-state index is 6.64. The number of hydrogen-bond donors (Lipinski definition) is 0. The summed E-state index contributed by atoms with van der Waals surface area (Å²) in [6.07, 6.45) is -0.303. The number of para-hydroxylation sites is 1. The molecule has 0 amide bonds. The molecule has 1 aliphatic rings. The molecular weight excluding hydrogens is 478 g/mol. The highest BCUT2D eigenvalue weighted by atomic mass is 35.5. The standard InChI is InChI=1S/C33H26ClNO2/c1-36-30-16-9-17-31-32(30)28-19-18-27(21-29(28)33(37-31)24-12-8-13-25(34)20-24)35(26-14-6-3-7-15-26)22-23-10-4-2-5-11-23/h2-21,33H,22H2,1H3. The van der Waals surface area contributed by atoms with Crippen molar-refractivity contribution in [3.8, 4) is 22.6 Å². The number of halogens is 1. The first-order chi connectivity index (χ1) is 18.2. The van der Waals surface area contributed by atoms with Gasteiger partial charge in [-0.15, -0.1) is 0 Å². The highest BCUT2D eigenvalue weighted by Crippen LogP contribution is 2.50. The normalized spacial score (nSPS) is 13.7. The van der Waals surface area contributed by atoms with Gasteiger partial charge in [-0.2, -0.15) is 0 Å². The molecule has 37 heavy (non-hydrogen) atoms. The lowest BCUT2D eigenvalue weighted by molar-refractivity contribution is 0.242. The number of rotatable bonds is 6. The van der Waals surface area contributed by atoms with E-state index in [2.05, 4.69) is 77.7 Å². The van der Waals surface area contributed by atoms with Gasteiger partial charge in [0.1, 0.15) is 17.6 Å². The fourth-order valence-electron chi connectivity index (χ4n) is 5.02. The molecule has 0 spiro atoms. The number of nitrogens with zero attached hydrogens (tertiary/aromatic N) is 1. The fourth-order valence-corrected chi connectivity index (χ4v) is 5.22. The van der Waals surface area contributed by atoms with Crippen molar-refractivity contribution >= 4 is 23.0 Å². The monoisotopic (exact) mass is 503 g/mol. The van der Waals surface area contributed by atoms with E-state index in [1.54, 1.807) is 7.11 Å². The number of methoxy groups -OCH3 is 1. The predicted molar refractivity (Wildman–Crippen MR) is 151 cm³/mol. The topological polar surface area (TPSA) is 21.7 Å². The molecule has 5 aromatic rings. The second kappa shape index (κ2) is 10.0. The van der Waals surface area contributed by atoms with Crippen LogP contribution >= 0.6 is 11.6 Å². The quantitative estimate of drug-likeness (QED) is 0.231. The van der Waals surface area contributed by atoms with E-state index in [-0.39, 0.29) is 6.10 Å². The zero-order valence-corrected chi connectivity index (χ0v) is 21.2. The molecule has 0 aliphatic carbocycles. The molecule has 4 heteroatoms. The number of hydrogen-bond acceptors (Lipinski definition) is 3. The minimum Gasteiger partial charge on any atom is -0.496 e. The second-order valence-electron chi connectivity index (χ2n) is 9.07. The van der Waals surface area contributed by atoms with E-state index in [1.807, 2.05) is 48.5 Å². The molecule has 3 nitrogen and oxygen atoms in total. The summed E-state index contributed by atoms with van der Waals surface area (Å²) in [6.45, 7) is 0.742. The van der Waals surface area contributed by atoms with E-state index in [1.165, 1.54) is 5.56 Å². The number of anilines is 2. The molecule has 0 radical (unpaired) electrons. The van der Waals surface area contributed by atoms with Gasteiger partial charge in [-0.3, -0.25) is 0 Å². The van der Waals surface area contributed by atoms with Crippen molar-refractivity contribution in [3.05, 3.63) is 143 Å². The summed E-state index contributed by atoms with van der Waals surface area (Å²) in [5.41, 5.74) is 7.60. The van der Waals surface area contributed by atoms with Crippen molar-refractivity contribution in [3.63, 3.8) is 0 Å². The first kappa shape index (κ1) is 23.2. The minimum absolute atomic E-state index is 0.303. The summed E-state index contributed by atoms with van der Waals surface area (Å²) >= 11 is 6.41. The van der Waals surface area contributed by atoms with E-state index in [0.717, 1.165) is 51.7 Å². The SMILES string of the molecule is COc1cccc2c1-c1ccc(N(Cc3ccccc3)c3ccccc3)cc1C(c1cccc(Cl)c1)O2. The van der Waals surface area contributed by atoms with Gasteiger partial charge >= 0.3 is 0 Å². The van der Waals surface area contributed by atoms with Crippen molar-refractivity contribution in [2.24, 2.45) is 0 Å².